The molecular formula is C19H19F2N3O3S. The number of para-hydroxylation sites is 1. The average Bonchev–Trinajstić information content (AvgIpc) is 3.42. The molecule has 4 rings (SSSR count). The molecule has 0 saturated heterocycles. The third-order valence-electron chi connectivity index (χ3n) is 4.82. The zero-order valence-corrected chi connectivity index (χ0v) is 15.7. The van der Waals surface area contributed by atoms with Crippen molar-refractivity contribution in [1.29, 1.82) is 0 Å². The van der Waals surface area contributed by atoms with Crippen molar-refractivity contribution >= 4 is 15.8 Å². The summed E-state index contributed by atoms with van der Waals surface area (Å²) in [4.78, 5) is 0. The molecule has 1 N–H and O–H groups in total. The van der Waals surface area contributed by atoms with Crippen LogP contribution in [0.4, 0.5) is 14.6 Å². The second-order valence-electron chi connectivity index (χ2n) is 6.75. The summed E-state index contributed by atoms with van der Waals surface area (Å²) < 4.78 is 59.5. The summed E-state index contributed by atoms with van der Waals surface area (Å²) in [6.07, 6.45) is 1.37. The molecule has 9 heteroatoms. The lowest BCUT2D eigenvalue weighted by Crippen LogP contribution is -2.15. The van der Waals surface area contributed by atoms with Crippen LogP contribution in [0.25, 0.3) is 5.69 Å². The number of halogens is 2. The van der Waals surface area contributed by atoms with E-state index in [2.05, 4.69) is 9.82 Å². The van der Waals surface area contributed by atoms with Crippen LogP contribution in [0.2, 0.25) is 0 Å². The van der Waals surface area contributed by atoms with Crippen molar-refractivity contribution in [2.24, 2.45) is 0 Å². The number of hydrogen-bond acceptors (Lipinski definition) is 4. The van der Waals surface area contributed by atoms with Gasteiger partial charge in [0.1, 0.15) is 5.82 Å². The van der Waals surface area contributed by atoms with Gasteiger partial charge in [-0.25, -0.2) is 13.5 Å². The molecule has 1 fully saturated rings. The first-order valence-electron chi connectivity index (χ1n) is 9.00. The molecule has 0 bridgehead atoms. The Morgan fingerprint density at radius 2 is 1.82 bits per heavy atom. The Balaban J connectivity index is 1.71. The lowest BCUT2D eigenvalue weighted by Gasteiger charge is -2.09. The molecule has 1 aromatic carbocycles. The third-order valence-corrected chi connectivity index (χ3v) is 6.05. The van der Waals surface area contributed by atoms with Crippen molar-refractivity contribution in [1.82, 2.24) is 9.78 Å². The summed E-state index contributed by atoms with van der Waals surface area (Å²) in [5, 5.41) is 4.05. The Bertz CT molecular complexity index is 1060. The summed E-state index contributed by atoms with van der Waals surface area (Å²) in [7, 11) is -4.18. The van der Waals surface area contributed by atoms with Crippen molar-refractivity contribution in [2.75, 3.05) is 4.72 Å². The van der Waals surface area contributed by atoms with Crippen LogP contribution in [-0.2, 0) is 10.0 Å². The minimum Gasteiger partial charge on any atom is -0.442 e. The van der Waals surface area contributed by atoms with E-state index in [1.54, 1.807) is 6.07 Å². The molecular weight excluding hydrogens is 388 g/mol. The van der Waals surface area contributed by atoms with E-state index in [1.165, 1.54) is 4.68 Å². The standard InChI is InChI=1S/C19H19F2N3O3S/c20-19(21)16-10-11-18(27-16)28(25,26)23-17-12-15(13-6-4-5-7-13)22-24(17)14-8-2-1-3-9-14/h1-3,8-13,19,23H,4-7H2. The van der Waals surface area contributed by atoms with Crippen molar-refractivity contribution in [3.63, 3.8) is 0 Å². The predicted molar refractivity (Wildman–Crippen MR) is 99.2 cm³/mol. The molecule has 0 spiro atoms. The first-order chi connectivity index (χ1) is 13.4. The second kappa shape index (κ2) is 7.38. The van der Waals surface area contributed by atoms with Gasteiger partial charge < -0.3 is 4.42 Å². The van der Waals surface area contributed by atoms with Crippen LogP contribution in [0.3, 0.4) is 0 Å². The highest BCUT2D eigenvalue weighted by molar-refractivity contribution is 7.92. The fourth-order valence-electron chi connectivity index (χ4n) is 3.44. The lowest BCUT2D eigenvalue weighted by molar-refractivity contribution is 0.116. The molecule has 1 aliphatic rings. The first kappa shape index (κ1) is 18.7. The highest BCUT2D eigenvalue weighted by Crippen LogP contribution is 2.35. The number of nitrogens with zero attached hydrogens (tertiary/aromatic N) is 2. The first-order valence-corrected chi connectivity index (χ1v) is 10.5. The molecule has 0 radical (unpaired) electrons. The molecule has 0 amide bonds. The van der Waals surface area contributed by atoms with E-state index in [-0.39, 0.29) is 11.7 Å². The number of benzene rings is 1. The van der Waals surface area contributed by atoms with Crippen LogP contribution >= 0.6 is 0 Å². The molecule has 1 aliphatic carbocycles. The number of nitrogens with one attached hydrogen (secondary N) is 1. The van der Waals surface area contributed by atoms with Gasteiger partial charge in [0, 0.05) is 12.0 Å². The molecule has 3 aromatic rings. The average molecular weight is 407 g/mol. The maximum atomic E-state index is 12.7. The van der Waals surface area contributed by atoms with Gasteiger partial charge in [-0.1, -0.05) is 31.0 Å². The van der Waals surface area contributed by atoms with E-state index in [0.717, 1.165) is 43.5 Å². The van der Waals surface area contributed by atoms with Gasteiger partial charge in [-0.2, -0.15) is 13.5 Å². The van der Waals surface area contributed by atoms with Crippen LogP contribution < -0.4 is 4.72 Å². The molecule has 0 aliphatic heterocycles. The topological polar surface area (TPSA) is 77.1 Å². The van der Waals surface area contributed by atoms with Gasteiger partial charge in [0.25, 0.3) is 16.4 Å². The summed E-state index contributed by atoms with van der Waals surface area (Å²) in [6.45, 7) is 0. The van der Waals surface area contributed by atoms with Crippen molar-refractivity contribution in [3.8, 4) is 5.69 Å². The second-order valence-corrected chi connectivity index (χ2v) is 8.36. The summed E-state index contributed by atoms with van der Waals surface area (Å²) in [5.74, 6) is -0.172. The molecule has 2 heterocycles. The highest BCUT2D eigenvalue weighted by Gasteiger charge is 2.26. The number of aromatic nitrogens is 2. The smallest absolute Gasteiger partial charge is 0.296 e. The van der Waals surface area contributed by atoms with E-state index in [4.69, 9.17) is 4.42 Å². The van der Waals surface area contributed by atoms with Gasteiger partial charge in [-0.15, -0.1) is 0 Å². The number of hydrogen-bond donors (Lipinski definition) is 1. The molecule has 28 heavy (non-hydrogen) atoms. The van der Waals surface area contributed by atoms with Crippen LogP contribution in [-0.4, -0.2) is 18.2 Å². The van der Waals surface area contributed by atoms with Crippen molar-refractivity contribution in [3.05, 3.63) is 60.0 Å². The van der Waals surface area contributed by atoms with Gasteiger partial charge in [0.2, 0.25) is 5.09 Å². The van der Waals surface area contributed by atoms with Crippen LogP contribution in [0, 0.1) is 0 Å². The number of sulfonamides is 1. The number of alkyl halides is 2. The van der Waals surface area contributed by atoms with E-state index in [1.807, 2.05) is 30.3 Å². The van der Waals surface area contributed by atoms with E-state index >= 15 is 0 Å². The van der Waals surface area contributed by atoms with E-state index < -0.39 is 27.3 Å². The minimum absolute atomic E-state index is 0.239. The molecule has 6 nitrogen and oxygen atoms in total. The van der Waals surface area contributed by atoms with Gasteiger partial charge in [-0.3, -0.25) is 4.72 Å². The maximum Gasteiger partial charge on any atom is 0.296 e. The van der Waals surface area contributed by atoms with Crippen LogP contribution in [0.15, 0.2) is 58.0 Å². The lowest BCUT2D eigenvalue weighted by atomic mass is 10.1. The van der Waals surface area contributed by atoms with Gasteiger partial charge in [-0.05, 0) is 37.1 Å². The molecule has 0 unspecified atom stereocenters. The largest absolute Gasteiger partial charge is 0.442 e. The number of furan rings is 1. The maximum absolute atomic E-state index is 12.7. The molecule has 0 atom stereocenters. The monoisotopic (exact) mass is 407 g/mol. The summed E-state index contributed by atoms with van der Waals surface area (Å²) >= 11 is 0. The Labute approximate surface area is 161 Å². The quantitative estimate of drug-likeness (QED) is 0.633. The van der Waals surface area contributed by atoms with Crippen molar-refractivity contribution < 1.29 is 21.6 Å². The zero-order valence-electron chi connectivity index (χ0n) is 14.9. The predicted octanol–water partition coefficient (Wildman–Crippen LogP) is 4.86. The number of rotatable bonds is 6. The fourth-order valence-corrected chi connectivity index (χ4v) is 4.42. The molecule has 2 aromatic heterocycles. The van der Waals surface area contributed by atoms with Gasteiger partial charge >= 0.3 is 0 Å². The highest BCUT2D eigenvalue weighted by atomic mass is 32.2. The molecule has 1 saturated carbocycles. The van der Waals surface area contributed by atoms with Crippen LogP contribution in [0.5, 0.6) is 0 Å². The van der Waals surface area contributed by atoms with E-state index in [9.17, 15) is 17.2 Å². The normalized spacial score (nSPS) is 15.4. The zero-order chi connectivity index (χ0) is 19.7. The Hall–Kier alpha value is -2.68. The number of anilines is 1. The Morgan fingerprint density at radius 1 is 1.11 bits per heavy atom. The summed E-state index contributed by atoms with van der Waals surface area (Å²) in [6, 6.07) is 12.8. The fraction of sp³-hybridized carbons (Fsp3) is 0.316. The third kappa shape index (κ3) is 3.66. The summed E-state index contributed by atoms with van der Waals surface area (Å²) in [5.41, 5.74) is 1.50. The van der Waals surface area contributed by atoms with E-state index in [0.29, 0.717) is 5.69 Å². The minimum atomic E-state index is -4.18. The molecule has 148 valence electrons. The van der Waals surface area contributed by atoms with Crippen LogP contribution in [0.1, 0.15) is 49.5 Å². The van der Waals surface area contributed by atoms with Crippen molar-refractivity contribution in [2.45, 2.75) is 43.1 Å². The Kier molecular flexibility index (Phi) is 4.92. The van der Waals surface area contributed by atoms with Gasteiger partial charge in [0.05, 0.1) is 11.4 Å². The Morgan fingerprint density at radius 3 is 2.46 bits per heavy atom. The van der Waals surface area contributed by atoms with Gasteiger partial charge in [0.15, 0.2) is 5.76 Å². The SMILES string of the molecule is O=S(=O)(Nc1cc(C2CCCC2)nn1-c1ccccc1)c1ccc(C(F)F)o1.